The van der Waals surface area contributed by atoms with Crippen LogP contribution in [0.5, 0.6) is 0 Å². The third-order valence-corrected chi connectivity index (χ3v) is 6.02. The number of nitrogen functional groups attached to an aromatic ring is 1. The van der Waals surface area contributed by atoms with Crippen LogP contribution in [0.2, 0.25) is 0 Å². The predicted molar refractivity (Wildman–Crippen MR) is 129 cm³/mol. The molecule has 5 nitrogen and oxygen atoms in total. The summed E-state index contributed by atoms with van der Waals surface area (Å²) in [5, 5.41) is 13.6. The molecule has 0 atom stereocenters. The van der Waals surface area contributed by atoms with E-state index in [1.165, 1.54) is 22.3 Å². The third kappa shape index (κ3) is 4.79. The normalized spacial score (nSPS) is 12.2. The second-order valence-electron chi connectivity index (χ2n) is 7.43. The van der Waals surface area contributed by atoms with E-state index in [2.05, 4.69) is 35.0 Å². The summed E-state index contributed by atoms with van der Waals surface area (Å²) in [5.41, 5.74) is 12.3. The van der Waals surface area contributed by atoms with Gasteiger partial charge in [-0.15, -0.1) is 0 Å². The number of benzene rings is 3. The Kier molecular flexibility index (Phi) is 6.78. The number of thioether (sulfide) groups is 1. The number of hydrogen-bond acceptors (Lipinski definition) is 5. The van der Waals surface area contributed by atoms with Gasteiger partial charge in [0.25, 0.3) is 0 Å². The molecule has 1 amide bonds. The SMILES string of the molecule is N#CSc1ccc(N)c(C=CCCNC(=O)OCC2c3ccccc3-c3ccccc32)c1. The number of ether oxygens (including phenoxy) is 1. The van der Waals surface area contributed by atoms with Gasteiger partial charge in [0.1, 0.15) is 12.0 Å². The highest BCUT2D eigenvalue weighted by atomic mass is 32.2. The number of thiocyanates is 1. The molecule has 0 spiro atoms. The molecule has 3 aromatic carbocycles. The average Bonchev–Trinajstić information content (AvgIpc) is 3.13. The van der Waals surface area contributed by atoms with E-state index in [9.17, 15) is 4.79 Å². The first kappa shape index (κ1) is 21.5. The maximum atomic E-state index is 12.2. The van der Waals surface area contributed by atoms with Gasteiger partial charge in [0.2, 0.25) is 0 Å². The molecule has 0 saturated carbocycles. The summed E-state index contributed by atoms with van der Waals surface area (Å²) in [4.78, 5) is 13.1. The molecule has 0 radical (unpaired) electrons. The van der Waals surface area contributed by atoms with Gasteiger partial charge in [-0.25, -0.2) is 4.79 Å². The van der Waals surface area contributed by atoms with E-state index >= 15 is 0 Å². The van der Waals surface area contributed by atoms with Crippen molar-refractivity contribution in [1.29, 1.82) is 5.26 Å². The fraction of sp³-hybridized carbons (Fsp3) is 0.154. The highest BCUT2D eigenvalue weighted by Crippen LogP contribution is 2.44. The molecule has 0 fully saturated rings. The molecule has 0 saturated heterocycles. The zero-order valence-electron chi connectivity index (χ0n) is 17.5. The Morgan fingerprint density at radius 2 is 1.78 bits per heavy atom. The van der Waals surface area contributed by atoms with Crippen molar-refractivity contribution in [1.82, 2.24) is 5.32 Å². The molecule has 1 aliphatic rings. The summed E-state index contributed by atoms with van der Waals surface area (Å²) in [6, 6.07) is 22.0. The van der Waals surface area contributed by atoms with E-state index in [0.717, 1.165) is 22.2 Å². The fourth-order valence-corrected chi connectivity index (χ4v) is 4.36. The number of anilines is 1. The van der Waals surface area contributed by atoms with Crippen LogP contribution in [0, 0.1) is 10.7 Å². The largest absolute Gasteiger partial charge is 0.449 e. The molecular weight excluding hydrogens is 418 g/mol. The van der Waals surface area contributed by atoms with Crippen LogP contribution in [0.25, 0.3) is 17.2 Å². The van der Waals surface area contributed by atoms with Crippen molar-refractivity contribution < 1.29 is 9.53 Å². The lowest BCUT2D eigenvalue weighted by Gasteiger charge is -2.14. The van der Waals surface area contributed by atoms with Crippen LogP contribution < -0.4 is 11.1 Å². The summed E-state index contributed by atoms with van der Waals surface area (Å²) in [5.74, 6) is 0.0505. The van der Waals surface area contributed by atoms with Gasteiger partial charge < -0.3 is 15.8 Å². The van der Waals surface area contributed by atoms with E-state index in [1.807, 2.05) is 48.6 Å². The van der Waals surface area contributed by atoms with Gasteiger partial charge in [-0.3, -0.25) is 0 Å². The molecule has 4 rings (SSSR count). The van der Waals surface area contributed by atoms with Crippen LogP contribution in [0.4, 0.5) is 10.5 Å². The average molecular weight is 442 g/mol. The number of carbonyl (C=O) groups excluding carboxylic acids is 1. The van der Waals surface area contributed by atoms with Crippen molar-refractivity contribution >= 4 is 29.6 Å². The molecule has 3 N–H and O–H groups in total. The highest BCUT2D eigenvalue weighted by Gasteiger charge is 2.28. The second-order valence-corrected chi connectivity index (χ2v) is 8.29. The zero-order chi connectivity index (χ0) is 22.3. The Balaban J connectivity index is 1.27. The number of alkyl carbamates (subject to hydrolysis) is 1. The first-order valence-corrected chi connectivity index (χ1v) is 11.2. The number of nitrogens with one attached hydrogen (secondary N) is 1. The van der Waals surface area contributed by atoms with Crippen LogP contribution in [0.3, 0.4) is 0 Å². The van der Waals surface area contributed by atoms with Crippen LogP contribution >= 0.6 is 11.8 Å². The van der Waals surface area contributed by atoms with Crippen LogP contribution in [0.15, 0.2) is 77.7 Å². The molecule has 160 valence electrons. The van der Waals surface area contributed by atoms with Crippen LogP contribution in [-0.2, 0) is 4.74 Å². The molecule has 32 heavy (non-hydrogen) atoms. The first-order chi connectivity index (χ1) is 15.7. The van der Waals surface area contributed by atoms with Crippen molar-refractivity contribution in [2.24, 2.45) is 0 Å². The summed E-state index contributed by atoms with van der Waals surface area (Å²) < 4.78 is 5.54. The molecule has 0 heterocycles. The van der Waals surface area contributed by atoms with E-state index in [4.69, 9.17) is 15.7 Å². The molecule has 0 unspecified atom stereocenters. The number of nitriles is 1. The lowest BCUT2D eigenvalue weighted by Crippen LogP contribution is -2.26. The van der Waals surface area contributed by atoms with Gasteiger partial charge >= 0.3 is 6.09 Å². The Morgan fingerprint density at radius 1 is 1.09 bits per heavy atom. The van der Waals surface area contributed by atoms with Crippen molar-refractivity contribution in [2.75, 3.05) is 18.9 Å². The molecule has 0 aromatic heterocycles. The van der Waals surface area contributed by atoms with Gasteiger partial charge in [-0.1, -0.05) is 60.7 Å². The van der Waals surface area contributed by atoms with E-state index in [0.29, 0.717) is 25.3 Å². The van der Waals surface area contributed by atoms with E-state index in [-0.39, 0.29) is 5.92 Å². The van der Waals surface area contributed by atoms with Crippen LogP contribution in [0.1, 0.15) is 29.0 Å². The minimum absolute atomic E-state index is 0.0505. The minimum Gasteiger partial charge on any atom is -0.449 e. The van der Waals surface area contributed by atoms with Crippen molar-refractivity contribution in [3.8, 4) is 16.5 Å². The summed E-state index contributed by atoms with van der Waals surface area (Å²) in [7, 11) is 0. The van der Waals surface area contributed by atoms with E-state index < -0.39 is 6.09 Å². The molecule has 3 aromatic rings. The monoisotopic (exact) mass is 441 g/mol. The highest BCUT2D eigenvalue weighted by molar-refractivity contribution is 8.03. The van der Waals surface area contributed by atoms with Crippen LogP contribution in [-0.4, -0.2) is 19.2 Å². The zero-order valence-corrected chi connectivity index (χ0v) is 18.3. The standard InChI is InChI=1S/C26H23N3O2S/c27-17-32-19-12-13-25(28)18(15-19)7-5-6-14-29-26(30)31-16-24-22-10-3-1-8-20(22)21-9-2-4-11-23(21)24/h1-5,7-13,15,24H,6,14,16,28H2,(H,29,30). The summed E-state index contributed by atoms with van der Waals surface area (Å²) >= 11 is 1.10. The lowest BCUT2D eigenvalue weighted by atomic mass is 9.98. The topological polar surface area (TPSA) is 88.1 Å². The maximum absolute atomic E-state index is 12.2. The number of rotatable bonds is 7. The number of amides is 1. The minimum atomic E-state index is -0.424. The smallest absolute Gasteiger partial charge is 0.407 e. The Labute approximate surface area is 191 Å². The number of fused-ring (bicyclic) bond motifs is 3. The molecule has 0 bridgehead atoms. The van der Waals surface area contributed by atoms with Gasteiger partial charge in [0, 0.05) is 23.0 Å². The summed E-state index contributed by atoms with van der Waals surface area (Å²) in [6.45, 7) is 0.759. The number of hydrogen-bond donors (Lipinski definition) is 2. The van der Waals surface area contributed by atoms with Gasteiger partial charge in [-0.05, 0) is 64.2 Å². The number of carbonyl (C=O) groups is 1. The molecule has 0 aliphatic heterocycles. The molecule has 1 aliphatic carbocycles. The Hall–Kier alpha value is -3.69. The predicted octanol–water partition coefficient (Wildman–Crippen LogP) is 5.78. The first-order valence-electron chi connectivity index (χ1n) is 10.4. The maximum Gasteiger partial charge on any atom is 0.407 e. The number of nitrogens with two attached hydrogens (primary N) is 1. The molecule has 6 heteroatoms. The summed E-state index contributed by atoms with van der Waals surface area (Å²) in [6.07, 6.45) is 4.05. The fourth-order valence-electron chi connectivity index (χ4n) is 3.93. The van der Waals surface area contributed by atoms with Gasteiger partial charge in [-0.2, -0.15) is 5.26 Å². The molecular formula is C26H23N3O2S. The second kappa shape index (κ2) is 10.1. The quantitative estimate of drug-likeness (QED) is 0.210. The third-order valence-electron chi connectivity index (χ3n) is 5.44. The lowest BCUT2D eigenvalue weighted by molar-refractivity contribution is 0.143. The Bertz CT molecular complexity index is 1150. The van der Waals surface area contributed by atoms with Crippen molar-refractivity contribution in [3.63, 3.8) is 0 Å². The van der Waals surface area contributed by atoms with E-state index in [1.54, 1.807) is 6.07 Å². The van der Waals surface area contributed by atoms with Gasteiger partial charge in [0.05, 0.1) is 0 Å². The Morgan fingerprint density at radius 3 is 2.47 bits per heavy atom. The number of nitrogens with zero attached hydrogens (tertiary/aromatic N) is 1. The van der Waals surface area contributed by atoms with Gasteiger partial charge in [0.15, 0.2) is 0 Å². The van der Waals surface area contributed by atoms with Crippen molar-refractivity contribution in [3.05, 3.63) is 89.5 Å². The van der Waals surface area contributed by atoms with Crippen molar-refractivity contribution in [2.45, 2.75) is 17.2 Å².